The fourth-order valence-electron chi connectivity index (χ4n) is 1.04. The van der Waals surface area contributed by atoms with Gasteiger partial charge in [-0.25, -0.2) is 0 Å². The molecule has 0 spiro atoms. The number of rotatable bonds is 2. The molecule has 0 amide bonds. The van der Waals surface area contributed by atoms with E-state index in [0.29, 0.717) is 12.3 Å². The molecule has 0 aliphatic heterocycles. The van der Waals surface area contributed by atoms with Crippen LogP contribution < -0.4 is 5.73 Å². The molecule has 0 radical (unpaired) electrons. The maximum Gasteiger partial charge on any atom is 0.126 e. The lowest BCUT2D eigenvalue weighted by Crippen LogP contribution is -1.92. The number of halogens is 1. The third kappa shape index (κ3) is 2.32. The Morgan fingerprint density at radius 1 is 1.54 bits per heavy atom. The standard InChI is InChI=1S/C10H12BrNO/c1-7-4-5-9(11)8(10(7)13)3-2-6-12/h2-5,13H,6,12H2,1H3/b3-2+. The van der Waals surface area contributed by atoms with Crippen molar-refractivity contribution in [2.45, 2.75) is 6.92 Å². The Bertz CT molecular complexity index is 334. The molecule has 1 aromatic carbocycles. The molecule has 3 N–H and O–H groups in total. The first-order valence-corrected chi connectivity index (χ1v) is 4.80. The van der Waals surface area contributed by atoms with Crippen molar-refractivity contribution in [1.29, 1.82) is 0 Å². The van der Waals surface area contributed by atoms with Crippen LogP contribution in [0.2, 0.25) is 0 Å². The summed E-state index contributed by atoms with van der Waals surface area (Å²) in [6, 6.07) is 3.77. The van der Waals surface area contributed by atoms with Crippen molar-refractivity contribution in [2.24, 2.45) is 5.73 Å². The van der Waals surface area contributed by atoms with Gasteiger partial charge in [0.25, 0.3) is 0 Å². The van der Waals surface area contributed by atoms with Crippen molar-refractivity contribution in [2.75, 3.05) is 6.54 Å². The third-order valence-corrected chi connectivity index (χ3v) is 2.48. The van der Waals surface area contributed by atoms with Crippen molar-refractivity contribution >= 4 is 22.0 Å². The molecule has 0 saturated carbocycles. The molecular weight excluding hydrogens is 230 g/mol. The zero-order chi connectivity index (χ0) is 9.84. The summed E-state index contributed by atoms with van der Waals surface area (Å²) in [5.74, 6) is 0.305. The molecule has 1 rings (SSSR count). The fourth-order valence-corrected chi connectivity index (χ4v) is 1.49. The summed E-state index contributed by atoms with van der Waals surface area (Å²) in [6.45, 7) is 2.33. The van der Waals surface area contributed by atoms with E-state index >= 15 is 0 Å². The van der Waals surface area contributed by atoms with E-state index in [1.165, 1.54) is 0 Å². The van der Waals surface area contributed by atoms with Gasteiger partial charge >= 0.3 is 0 Å². The first-order chi connectivity index (χ1) is 6.16. The van der Waals surface area contributed by atoms with Crippen LogP contribution in [0.15, 0.2) is 22.7 Å². The Hall–Kier alpha value is -0.800. The predicted octanol–water partition coefficient (Wildman–Crippen LogP) is 2.44. The summed E-state index contributed by atoms with van der Waals surface area (Å²) in [6.07, 6.45) is 3.62. The van der Waals surface area contributed by atoms with E-state index in [-0.39, 0.29) is 0 Å². The van der Waals surface area contributed by atoms with Crippen LogP contribution >= 0.6 is 15.9 Å². The highest BCUT2D eigenvalue weighted by Gasteiger charge is 2.04. The molecular formula is C10H12BrNO. The zero-order valence-electron chi connectivity index (χ0n) is 7.42. The van der Waals surface area contributed by atoms with Crippen LogP contribution in [0.4, 0.5) is 0 Å². The minimum absolute atomic E-state index is 0.305. The lowest BCUT2D eigenvalue weighted by Gasteiger charge is -2.05. The SMILES string of the molecule is Cc1ccc(Br)c(/C=C/CN)c1O. The zero-order valence-corrected chi connectivity index (χ0v) is 9.01. The molecule has 70 valence electrons. The minimum atomic E-state index is 0.305. The predicted molar refractivity (Wildman–Crippen MR) is 58.6 cm³/mol. The molecule has 0 aliphatic rings. The average molecular weight is 242 g/mol. The van der Waals surface area contributed by atoms with Gasteiger partial charge in [0.1, 0.15) is 5.75 Å². The Morgan fingerprint density at radius 2 is 2.23 bits per heavy atom. The lowest BCUT2D eigenvalue weighted by molar-refractivity contribution is 0.469. The smallest absolute Gasteiger partial charge is 0.126 e. The second kappa shape index (κ2) is 4.44. The summed E-state index contributed by atoms with van der Waals surface area (Å²) >= 11 is 3.36. The lowest BCUT2D eigenvalue weighted by atomic mass is 10.1. The highest BCUT2D eigenvalue weighted by Crippen LogP contribution is 2.30. The van der Waals surface area contributed by atoms with Gasteiger partial charge in [-0.05, 0) is 18.6 Å². The van der Waals surface area contributed by atoms with Crippen molar-refractivity contribution < 1.29 is 5.11 Å². The van der Waals surface area contributed by atoms with Crippen molar-refractivity contribution in [3.8, 4) is 5.75 Å². The number of aryl methyl sites for hydroxylation is 1. The van der Waals surface area contributed by atoms with Gasteiger partial charge in [0.05, 0.1) is 0 Å². The molecule has 3 heteroatoms. The molecule has 0 fully saturated rings. The summed E-state index contributed by atoms with van der Waals surface area (Å²) < 4.78 is 0.875. The average Bonchev–Trinajstić information content (AvgIpc) is 2.12. The number of nitrogens with two attached hydrogens (primary N) is 1. The topological polar surface area (TPSA) is 46.2 Å². The van der Waals surface area contributed by atoms with E-state index in [0.717, 1.165) is 15.6 Å². The van der Waals surface area contributed by atoms with Gasteiger partial charge in [0.2, 0.25) is 0 Å². The molecule has 2 nitrogen and oxygen atoms in total. The molecule has 13 heavy (non-hydrogen) atoms. The number of benzene rings is 1. The van der Waals surface area contributed by atoms with Gasteiger partial charge in [-0.2, -0.15) is 0 Å². The first-order valence-electron chi connectivity index (χ1n) is 4.01. The Balaban J connectivity index is 3.17. The van der Waals surface area contributed by atoms with E-state index in [4.69, 9.17) is 5.73 Å². The van der Waals surface area contributed by atoms with Crippen LogP contribution in [-0.2, 0) is 0 Å². The second-order valence-electron chi connectivity index (χ2n) is 2.76. The third-order valence-electron chi connectivity index (χ3n) is 1.79. The van der Waals surface area contributed by atoms with Crippen LogP contribution in [0, 0.1) is 6.92 Å². The maximum atomic E-state index is 9.68. The Kier molecular flexibility index (Phi) is 3.51. The normalized spacial score (nSPS) is 11.0. The van der Waals surface area contributed by atoms with Crippen molar-refractivity contribution in [3.05, 3.63) is 33.8 Å². The van der Waals surface area contributed by atoms with E-state index in [1.54, 1.807) is 6.08 Å². The summed E-state index contributed by atoms with van der Waals surface area (Å²) in [7, 11) is 0. The summed E-state index contributed by atoms with van der Waals surface area (Å²) in [5.41, 5.74) is 6.97. The number of phenols is 1. The molecule has 0 bridgehead atoms. The molecule has 0 saturated heterocycles. The summed E-state index contributed by atoms with van der Waals surface area (Å²) in [4.78, 5) is 0. The maximum absolute atomic E-state index is 9.68. The van der Waals surface area contributed by atoms with Crippen LogP contribution in [0.5, 0.6) is 5.75 Å². The minimum Gasteiger partial charge on any atom is -0.507 e. The fraction of sp³-hybridized carbons (Fsp3) is 0.200. The highest BCUT2D eigenvalue weighted by molar-refractivity contribution is 9.10. The van der Waals surface area contributed by atoms with E-state index in [9.17, 15) is 5.11 Å². The highest BCUT2D eigenvalue weighted by atomic mass is 79.9. The van der Waals surface area contributed by atoms with Gasteiger partial charge in [-0.3, -0.25) is 0 Å². The molecule has 0 aliphatic carbocycles. The molecule has 0 aromatic heterocycles. The van der Waals surface area contributed by atoms with Gasteiger partial charge in [0.15, 0.2) is 0 Å². The number of aromatic hydroxyl groups is 1. The van der Waals surface area contributed by atoms with Gasteiger partial charge in [0, 0.05) is 16.6 Å². The number of hydrogen-bond donors (Lipinski definition) is 2. The van der Waals surface area contributed by atoms with Crippen LogP contribution in [-0.4, -0.2) is 11.7 Å². The number of phenolic OH excluding ortho intramolecular Hbond substituents is 1. The van der Waals surface area contributed by atoms with Crippen molar-refractivity contribution in [1.82, 2.24) is 0 Å². The largest absolute Gasteiger partial charge is 0.507 e. The summed E-state index contributed by atoms with van der Waals surface area (Å²) in [5, 5.41) is 9.68. The molecule has 1 aromatic rings. The van der Waals surface area contributed by atoms with Gasteiger partial charge in [-0.1, -0.05) is 34.1 Å². The molecule has 0 unspecified atom stereocenters. The Labute approximate surface area is 86.2 Å². The van der Waals surface area contributed by atoms with Gasteiger partial charge < -0.3 is 10.8 Å². The van der Waals surface area contributed by atoms with Crippen molar-refractivity contribution in [3.63, 3.8) is 0 Å². The molecule has 0 atom stereocenters. The van der Waals surface area contributed by atoms with E-state index in [2.05, 4.69) is 15.9 Å². The van der Waals surface area contributed by atoms with Crippen LogP contribution in [0.25, 0.3) is 6.08 Å². The first kappa shape index (κ1) is 10.3. The number of hydrogen-bond acceptors (Lipinski definition) is 2. The van der Waals surface area contributed by atoms with Gasteiger partial charge in [-0.15, -0.1) is 0 Å². The van der Waals surface area contributed by atoms with Crippen LogP contribution in [0.3, 0.4) is 0 Å². The molecule has 0 heterocycles. The van der Waals surface area contributed by atoms with E-state index < -0.39 is 0 Å². The monoisotopic (exact) mass is 241 g/mol. The second-order valence-corrected chi connectivity index (χ2v) is 3.62. The van der Waals surface area contributed by atoms with Crippen LogP contribution in [0.1, 0.15) is 11.1 Å². The van der Waals surface area contributed by atoms with E-state index in [1.807, 2.05) is 25.1 Å². The quantitative estimate of drug-likeness (QED) is 0.836. The Morgan fingerprint density at radius 3 is 2.85 bits per heavy atom.